The fraction of sp³-hybridized carbons (Fsp3) is 1.00. The van der Waals surface area contributed by atoms with Crippen LogP contribution in [0.25, 0.3) is 0 Å². The maximum Gasteiger partial charge on any atom is 0.220 e. The lowest BCUT2D eigenvalue weighted by Gasteiger charge is -2.37. The number of nitrogens with two attached hydrogens (primary N) is 1. The van der Waals surface area contributed by atoms with E-state index in [0.29, 0.717) is 0 Å². The van der Waals surface area contributed by atoms with Gasteiger partial charge in [-0.05, 0) is 5.18 Å². The quantitative estimate of drug-likeness (QED) is 0.179. The van der Waals surface area contributed by atoms with E-state index in [-0.39, 0.29) is 0 Å². The Morgan fingerprint density at radius 3 is 2.38 bits per heavy atom. The first-order valence-corrected chi connectivity index (χ1v) is 3.60. The second-order valence-electron chi connectivity index (χ2n) is 2.70. The van der Waals surface area contributed by atoms with Crippen LogP contribution in [-0.4, -0.2) is 46.1 Å². The maximum absolute atomic E-state index is 10.0. The molecule has 0 bridgehead atoms. The molecule has 5 atom stereocenters. The lowest BCUT2D eigenvalue weighted by molar-refractivity contribution is -0.245. The summed E-state index contributed by atoms with van der Waals surface area (Å²) in [6.07, 6.45) is -5.86. The van der Waals surface area contributed by atoms with E-state index in [1.165, 1.54) is 0 Å². The van der Waals surface area contributed by atoms with Gasteiger partial charge in [0, 0.05) is 0 Å². The van der Waals surface area contributed by atoms with Crippen molar-refractivity contribution in [3.63, 3.8) is 0 Å². The number of nitroso groups, excluding NO2 is 1. The Morgan fingerprint density at radius 1 is 1.31 bits per heavy atom. The molecule has 0 radical (unpaired) electrons. The third-order valence-corrected chi connectivity index (χ3v) is 1.89. The van der Waals surface area contributed by atoms with Gasteiger partial charge in [-0.3, -0.25) is 5.84 Å². The summed E-state index contributed by atoms with van der Waals surface area (Å²) in [6.45, 7) is 0. The van der Waals surface area contributed by atoms with Crippen LogP contribution in [0.2, 0.25) is 0 Å². The second-order valence-corrected chi connectivity index (χ2v) is 2.70. The minimum atomic E-state index is -1.50. The molecule has 1 aliphatic heterocycles. The van der Waals surface area contributed by atoms with Gasteiger partial charge in [-0.25, -0.2) is 5.43 Å². The lowest BCUT2D eigenvalue weighted by atomic mass is 10.0. The molecule has 0 aromatic rings. The first kappa shape index (κ1) is 10.4. The normalized spacial score (nSPS) is 46.0. The highest BCUT2D eigenvalue weighted by atomic mass is 16.6. The van der Waals surface area contributed by atoms with E-state index < -0.39 is 30.8 Å². The van der Waals surface area contributed by atoms with E-state index >= 15 is 0 Å². The third kappa shape index (κ3) is 1.82. The van der Waals surface area contributed by atoms with Crippen molar-refractivity contribution in [3.8, 4) is 0 Å². The predicted molar refractivity (Wildman–Crippen MR) is 39.8 cm³/mol. The summed E-state index contributed by atoms with van der Waals surface area (Å²) in [4.78, 5) is 10.0. The second kappa shape index (κ2) is 4.05. The zero-order chi connectivity index (χ0) is 10.0. The summed E-state index contributed by atoms with van der Waals surface area (Å²) in [5, 5.41) is 30.0. The van der Waals surface area contributed by atoms with Crippen LogP contribution in [0, 0.1) is 4.91 Å². The Bertz CT molecular complexity index is 191. The maximum atomic E-state index is 10.0. The van der Waals surface area contributed by atoms with E-state index in [1.807, 2.05) is 5.43 Å². The number of aliphatic hydroxyl groups excluding tert-OH is 3. The lowest BCUT2D eigenvalue weighted by Crippen LogP contribution is -2.63. The number of rotatable bonds is 2. The van der Waals surface area contributed by atoms with Crippen LogP contribution in [0.1, 0.15) is 0 Å². The number of hydrogen-bond donors (Lipinski definition) is 5. The van der Waals surface area contributed by atoms with Crippen molar-refractivity contribution in [3.05, 3.63) is 4.91 Å². The van der Waals surface area contributed by atoms with Gasteiger partial charge in [-0.15, -0.1) is 4.91 Å². The highest BCUT2D eigenvalue weighted by Crippen LogP contribution is 2.19. The van der Waals surface area contributed by atoms with Crippen molar-refractivity contribution in [2.45, 2.75) is 30.8 Å². The number of hydrogen-bond acceptors (Lipinski definition) is 8. The van der Waals surface area contributed by atoms with Crippen molar-refractivity contribution < 1.29 is 20.1 Å². The zero-order valence-electron chi connectivity index (χ0n) is 6.57. The van der Waals surface area contributed by atoms with Gasteiger partial charge in [-0.2, -0.15) is 0 Å². The van der Waals surface area contributed by atoms with Gasteiger partial charge in [0.2, 0.25) is 6.23 Å². The number of nitrogens with one attached hydrogen (secondary N) is 1. The SMILES string of the molecule is NNC1C(O)OC(N=O)C(O)C1O. The Balaban J connectivity index is 2.72. The Morgan fingerprint density at radius 2 is 1.92 bits per heavy atom. The summed E-state index contributed by atoms with van der Waals surface area (Å²) >= 11 is 0. The van der Waals surface area contributed by atoms with Crippen molar-refractivity contribution in [1.82, 2.24) is 5.43 Å². The van der Waals surface area contributed by atoms with E-state index in [0.717, 1.165) is 0 Å². The molecule has 13 heavy (non-hydrogen) atoms. The molecule has 1 heterocycles. The van der Waals surface area contributed by atoms with E-state index in [1.54, 1.807) is 0 Å². The topological polar surface area (TPSA) is 137 Å². The first-order chi connectivity index (χ1) is 6.11. The van der Waals surface area contributed by atoms with Crippen LogP contribution >= 0.6 is 0 Å². The van der Waals surface area contributed by atoms with Crippen LogP contribution in [-0.2, 0) is 4.74 Å². The molecule has 1 fully saturated rings. The molecule has 0 spiro atoms. The minimum Gasteiger partial charge on any atom is -0.388 e. The third-order valence-electron chi connectivity index (χ3n) is 1.89. The number of aliphatic hydroxyl groups is 3. The molecule has 0 amide bonds. The summed E-state index contributed by atoms with van der Waals surface area (Å²) in [6, 6.07) is -1.05. The molecule has 0 aromatic carbocycles. The van der Waals surface area contributed by atoms with Crippen LogP contribution in [0.5, 0.6) is 0 Å². The molecule has 0 aromatic heterocycles. The molecule has 1 rings (SSSR count). The monoisotopic (exact) mass is 193 g/mol. The first-order valence-electron chi connectivity index (χ1n) is 3.60. The van der Waals surface area contributed by atoms with Gasteiger partial charge in [-0.1, -0.05) is 0 Å². The van der Waals surface area contributed by atoms with Gasteiger partial charge in [0.15, 0.2) is 6.29 Å². The van der Waals surface area contributed by atoms with Gasteiger partial charge >= 0.3 is 0 Å². The van der Waals surface area contributed by atoms with Crippen LogP contribution < -0.4 is 11.3 Å². The van der Waals surface area contributed by atoms with Gasteiger partial charge < -0.3 is 20.1 Å². The number of hydrazine groups is 1. The molecule has 76 valence electrons. The summed E-state index contributed by atoms with van der Waals surface area (Å²) in [7, 11) is 0. The molecular formula is C5H11N3O5. The highest BCUT2D eigenvalue weighted by Gasteiger charge is 2.44. The van der Waals surface area contributed by atoms with Gasteiger partial charge in [0.25, 0.3) is 0 Å². The van der Waals surface area contributed by atoms with Crippen molar-refractivity contribution >= 4 is 0 Å². The van der Waals surface area contributed by atoms with Gasteiger partial charge in [0.05, 0.1) is 0 Å². The van der Waals surface area contributed by atoms with Crippen LogP contribution in [0.15, 0.2) is 5.18 Å². The highest BCUT2D eigenvalue weighted by molar-refractivity contribution is 4.90. The molecular weight excluding hydrogens is 182 g/mol. The summed E-state index contributed by atoms with van der Waals surface area (Å²) < 4.78 is 4.55. The fourth-order valence-electron chi connectivity index (χ4n) is 1.13. The Kier molecular flexibility index (Phi) is 3.25. The average Bonchev–Trinajstić information content (AvgIpc) is 2.12. The van der Waals surface area contributed by atoms with Crippen LogP contribution in [0.4, 0.5) is 0 Å². The van der Waals surface area contributed by atoms with Crippen molar-refractivity contribution in [1.29, 1.82) is 0 Å². The molecule has 0 saturated carbocycles. The standard InChI is InChI=1S/C5H11N3O5/c6-7-1-2(9)3(10)4(8-12)13-5(1)11/h1-5,7,9-11H,6H2. The van der Waals surface area contributed by atoms with Gasteiger partial charge in [0.1, 0.15) is 18.2 Å². The van der Waals surface area contributed by atoms with E-state index in [9.17, 15) is 15.1 Å². The summed E-state index contributed by atoms with van der Waals surface area (Å²) in [5.41, 5.74) is 2.05. The van der Waals surface area contributed by atoms with Crippen molar-refractivity contribution in [2.75, 3.05) is 0 Å². The average molecular weight is 193 g/mol. The largest absolute Gasteiger partial charge is 0.388 e. The molecule has 5 unspecified atom stereocenters. The minimum absolute atomic E-state index is 1.05. The Labute approximate surface area is 73.2 Å². The fourth-order valence-corrected chi connectivity index (χ4v) is 1.13. The number of nitrogens with zero attached hydrogens (tertiary/aromatic N) is 1. The Hall–Kier alpha value is -0.640. The molecule has 1 saturated heterocycles. The zero-order valence-corrected chi connectivity index (χ0v) is 6.57. The van der Waals surface area contributed by atoms with Crippen LogP contribution in [0.3, 0.4) is 0 Å². The molecule has 6 N–H and O–H groups in total. The van der Waals surface area contributed by atoms with E-state index in [4.69, 9.17) is 10.9 Å². The van der Waals surface area contributed by atoms with Crippen molar-refractivity contribution in [2.24, 2.45) is 11.0 Å². The summed E-state index contributed by atoms with van der Waals surface area (Å²) in [5.74, 6) is 4.96. The predicted octanol–water partition coefficient (Wildman–Crippen LogP) is -3.02. The number of ether oxygens (including phenoxy) is 1. The van der Waals surface area contributed by atoms with E-state index in [2.05, 4.69) is 9.91 Å². The molecule has 8 heteroatoms. The molecule has 8 nitrogen and oxygen atoms in total. The molecule has 0 aliphatic carbocycles. The molecule has 1 aliphatic rings. The smallest absolute Gasteiger partial charge is 0.220 e.